The summed E-state index contributed by atoms with van der Waals surface area (Å²) in [5.41, 5.74) is 2.88. The van der Waals surface area contributed by atoms with Crippen LogP contribution in [0.3, 0.4) is 0 Å². The maximum Gasteiger partial charge on any atom is 0.0457 e. The van der Waals surface area contributed by atoms with E-state index in [0.717, 1.165) is 39.1 Å². The highest BCUT2D eigenvalue weighted by molar-refractivity contribution is 5.82. The van der Waals surface area contributed by atoms with Gasteiger partial charge in [-0.2, -0.15) is 0 Å². The normalized spacial score (nSPS) is 20.8. The topological polar surface area (TPSA) is 42.5 Å². The Hall–Kier alpha value is -1.36. The summed E-state index contributed by atoms with van der Waals surface area (Å²) in [7, 11) is 0. The van der Waals surface area contributed by atoms with Gasteiger partial charge in [0.15, 0.2) is 0 Å². The minimum absolute atomic E-state index is 0.270. The third-order valence-corrected chi connectivity index (χ3v) is 4.90. The van der Waals surface area contributed by atoms with Crippen molar-refractivity contribution in [2.24, 2.45) is 5.41 Å². The highest BCUT2D eigenvalue weighted by atomic mass is 16.3. The molecule has 1 fully saturated rings. The quantitative estimate of drug-likeness (QED) is 0.886. The van der Waals surface area contributed by atoms with Crippen LogP contribution in [-0.2, 0) is 6.54 Å². The zero-order chi connectivity index (χ0) is 17.2. The van der Waals surface area contributed by atoms with E-state index in [4.69, 9.17) is 0 Å². The van der Waals surface area contributed by atoms with Crippen molar-refractivity contribution in [2.45, 2.75) is 39.8 Å². The minimum Gasteiger partial charge on any atom is -0.396 e. The van der Waals surface area contributed by atoms with Gasteiger partial charge < -0.3 is 10.1 Å². The lowest BCUT2D eigenvalue weighted by atomic mass is 9.94. The van der Waals surface area contributed by atoms with Gasteiger partial charge in [0.25, 0.3) is 0 Å². The molecule has 24 heavy (non-hydrogen) atoms. The van der Waals surface area contributed by atoms with Crippen LogP contribution in [0.5, 0.6) is 0 Å². The van der Waals surface area contributed by atoms with Crippen LogP contribution < -0.4 is 0 Å². The number of hydrogen-bond donors (Lipinski definition) is 2. The van der Waals surface area contributed by atoms with Gasteiger partial charge in [0.2, 0.25) is 0 Å². The molecule has 1 atom stereocenters. The number of nitrogens with one attached hydrogen (secondary N) is 1. The second-order valence-corrected chi connectivity index (χ2v) is 8.29. The summed E-state index contributed by atoms with van der Waals surface area (Å²) in [6.07, 6.45) is 3.01. The molecule has 2 aromatic rings. The zero-order valence-electron chi connectivity index (χ0n) is 15.3. The smallest absolute Gasteiger partial charge is 0.0457 e. The number of nitrogens with zero attached hydrogens (tertiary/aromatic N) is 2. The number of aromatic amines is 1. The van der Waals surface area contributed by atoms with Crippen molar-refractivity contribution < 1.29 is 5.11 Å². The van der Waals surface area contributed by atoms with E-state index in [2.05, 4.69) is 66.0 Å². The van der Waals surface area contributed by atoms with Crippen molar-refractivity contribution in [3.63, 3.8) is 0 Å². The van der Waals surface area contributed by atoms with Crippen LogP contribution in [0, 0.1) is 5.41 Å². The maximum absolute atomic E-state index is 9.47. The number of piperazine rings is 1. The standard InChI is InChI=1S/C20H31N3O/c1-20(2,3)15-23-10-9-22(14-17(23)8-11-24)13-16-12-21-19-7-5-4-6-18(16)19/h4-7,12,17,21,24H,8-11,13-15H2,1-3H3/t17-/m0/s1. The van der Waals surface area contributed by atoms with Gasteiger partial charge in [0, 0.05) is 62.5 Å². The Balaban J connectivity index is 1.68. The predicted octanol–water partition coefficient (Wildman–Crippen LogP) is 3.08. The summed E-state index contributed by atoms with van der Waals surface area (Å²) in [5.74, 6) is 0. The van der Waals surface area contributed by atoms with E-state index in [-0.39, 0.29) is 6.61 Å². The molecule has 2 N–H and O–H groups in total. The fourth-order valence-electron chi connectivity index (χ4n) is 3.84. The van der Waals surface area contributed by atoms with E-state index in [1.807, 2.05) is 0 Å². The van der Waals surface area contributed by atoms with Gasteiger partial charge in [-0.05, 0) is 23.5 Å². The molecule has 0 radical (unpaired) electrons. The summed E-state index contributed by atoms with van der Waals surface area (Å²) in [6.45, 7) is 12.4. The van der Waals surface area contributed by atoms with Crippen molar-refractivity contribution in [2.75, 3.05) is 32.8 Å². The van der Waals surface area contributed by atoms with Gasteiger partial charge in [0.1, 0.15) is 0 Å². The van der Waals surface area contributed by atoms with E-state index in [1.54, 1.807) is 0 Å². The summed E-state index contributed by atoms with van der Waals surface area (Å²) in [4.78, 5) is 8.49. The molecule has 4 heteroatoms. The average Bonchev–Trinajstić information content (AvgIpc) is 2.92. The molecule has 0 bridgehead atoms. The first-order chi connectivity index (χ1) is 11.5. The third kappa shape index (κ3) is 4.18. The molecule has 2 heterocycles. The molecule has 1 aliphatic rings. The highest BCUT2D eigenvalue weighted by Gasteiger charge is 2.29. The largest absolute Gasteiger partial charge is 0.396 e. The van der Waals surface area contributed by atoms with Crippen molar-refractivity contribution in [3.8, 4) is 0 Å². The van der Waals surface area contributed by atoms with Gasteiger partial charge in [0.05, 0.1) is 0 Å². The number of fused-ring (bicyclic) bond motifs is 1. The molecule has 0 aliphatic carbocycles. The van der Waals surface area contributed by atoms with Crippen LogP contribution in [0.1, 0.15) is 32.8 Å². The molecular formula is C20H31N3O. The number of hydrogen-bond acceptors (Lipinski definition) is 3. The van der Waals surface area contributed by atoms with Crippen molar-refractivity contribution in [1.82, 2.24) is 14.8 Å². The second kappa shape index (κ2) is 7.26. The Morgan fingerprint density at radius 1 is 1.21 bits per heavy atom. The molecule has 1 saturated heterocycles. The summed E-state index contributed by atoms with van der Waals surface area (Å²) >= 11 is 0. The maximum atomic E-state index is 9.47. The monoisotopic (exact) mass is 329 g/mol. The molecule has 132 valence electrons. The molecule has 3 rings (SSSR count). The first kappa shape index (κ1) is 17.5. The Labute approximate surface area is 145 Å². The Morgan fingerprint density at radius 2 is 2.00 bits per heavy atom. The molecule has 1 aromatic heterocycles. The number of aromatic nitrogens is 1. The Morgan fingerprint density at radius 3 is 2.75 bits per heavy atom. The van der Waals surface area contributed by atoms with Crippen molar-refractivity contribution in [3.05, 3.63) is 36.0 Å². The number of H-pyrrole nitrogens is 1. The van der Waals surface area contributed by atoms with Gasteiger partial charge in [-0.25, -0.2) is 0 Å². The number of aliphatic hydroxyl groups excluding tert-OH is 1. The minimum atomic E-state index is 0.270. The van der Waals surface area contributed by atoms with E-state index >= 15 is 0 Å². The Kier molecular flexibility index (Phi) is 5.28. The molecule has 0 spiro atoms. The van der Waals surface area contributed by atoms with Gasteiger partial charge >= 0.3 is 0 Å². The second-order valence-electron chi connectivity index (χ2n) is 8.29. The van der Waals surface area contributed by atoms with Crippen LogP contribution >= 0.6 is 0 Å². The van der Waals surface area contributed by atoms with Crippen LogP contribution in [0.4, 0.5) is 0 Å². The lowest BCUT2D eigenvalue weighted by Gasteiger charge is -2.44. The fraction of sp³-hybridized carbons (Fsp3) is 0.600. The van der Waals surface area contributed by atoms with E-state index in [1.165, 1.54) is 16.5 Å². The fourth-order valence-corrected chi connectivity index (χ4v) is 3.84. The van der Waals surface area contributed by atoms with Crippen molar-refractivity contribution in [1.29, 1.82) is 0 Å². The van der Waals surface area contributed by atoms with E-state index < -0.39 is 0 Å². The lowest BCUT2D eigenvalue weighted by molar-refractivity contribution is 0.0341. The SMILES string of the molecule is CC(C)(C)CN1CCN(Cc2c[nH]c3ccccc23)C[C@@H]1CCO. The van der Waals surface area contributed by atoms with Gasteiger partial charge in [-0.15, -0.1) is 0 Å². The number of benzene rings is 1. The molecular weight excluding hydrogens is 298 g/mol. The number of para-hydroxylation sites is 1. The molecule has 0 unspecified atom stereocenters. The third-order valence-electron chi connectivity index (χ3n) is 4.90. The molecule has 1 aliphatic heterocycles. The van der Waals surface area contributed by atoms with E-state index in [9.17, 15) is 5.11 Å². The van der Waals surface area contributed by atoms with Crippen LogP contribution in [0.15, 0.2) is 30.5 Å². The van der Waals surface area contributed by atoms with Crippen LogP contribution in [-0.4, -0.2) is 58.7 Å². The Bertz CT molecular complexity index is 658. The van der Waals surface area contributed by atoms with Gasteiger partial charge in [-0.1, -0.05) is 39.0 Å². The lowest BCUT2D eigenvalue weighted by Crippen LogP contribution is -2.54. The summed E-state index contributed by atoms with van der Waals surface area (Å²) in [5, 5.41) is 10.8. The van der Waals surface area contributed by atoms with Gasteiger partial charge in [-0.3, -0.25) is 9.80 Å². The predicted molar refractivity (Wildman–Crippen MR) is 100 cm³/mol. The molecule has 4 nitrogen and oxygen atoms in total. The highest BCUT2D eigenvalue weighted by Crippen LogP contribution is 2.24. The summed E-state index contributed by atoms with van der Waals surface area (Å²) < 4.78 is 0. The van der Waals surface area contributed by atoms with Crippen LogP contribution in [0.25, 0.3) is 10.9 Å². The molecule has 0 amide bonds. The molecule has 1 aromatic carbocycles. The average molecular weight is 329 g/mol. The van der Waals surface area contributed by atoms with Crippen LogP contribution in [0.2, 0.25) is 0 Å². The van der Waals surface area contributed by atoms with Crippen molar-refractivity contribution >= 4 is 10.9 Å². The first-order valence-electron chi connectivity index (χ1n) is 9.08. The molecule has 0 saturated carbocycles. The van der Waals surface area contributed by atoms with E-state index in [0.29, 0.717) is 11.5 Å². The summed E-state index contributed by atoms with van der Waals surface area (Å²) in [6, 6.07) is 8.96. The first-order valence-corrected chi connectivity index (χ1v) is 9.08. The number of rotatable bonds is 5. The number of aliphatic hydroxyl groups is 1. The zero-order valence-corrected chi connectivity index (χ0v) is 15.3.